The molecule has 0 atom stereocenters. The Balaban J connectivity index is 2.54. The van der Waals surface area contributed by atoms with Crippen molar-refractivity contribution >= 4 is 27.9 Å². The number of hydrogen-bond donors (Lipinski definition) is 2. The smallest absolute Gasteiger partial charge is 0.404 e. The van der Waals surface area contributed by atoms with Gasteiger partial charge in [0.1, 0.15) is 12.0 Å². The molecule has 12 nitrogen and oxygen atoms in total. The van der Waals surface area contributed by atoms with Gasteiger partial charge >= 0.3 is 22.0 Å². The second kappa shape index (κ2) is 9.05. The number of carbonyl (C=O) groups is 1. The molecule has 29 heavy (non-hydrogen) atoms. The van der Waals surface area contributed by atoms with Crippen molar-refractivity contribution in [2.24, 2.45) is 5.73 Å². The molecule has 0 aliphatic rings. The molecular formula is C16H20N5O7S+. The highest BCUT2D eigenvalue weighted by Crippen LogP contribution is 2.20. The molecule has 2 rings (SSSR count). The van der Waals surface area contributed by atoms with Crippen LogP contribution in [-0.4, -0.2) is 62.9 Å². The topological polar surface area (TPSA) is 155 Å². The van der Waals surface area contributed by atoms with E-state index in [1.165, 1.54) is 44.6 Å². The minimum atomic E-state index is -4.42. The summed E-state index contributed by atoms with van der Waals surface area (Å²) in [6, 6.07) is 6.86. The summed E-state index contributed by atoms with van der Waals surface area (Å²) in [6.07, 6.45) is 0. The monoisotopic (exact) mass is 426 g/mol. The van der Waals surface area contributed by atoms with Crippen LogP contribution >= 0.6 is 0 Å². The summed E-state index contributed by atoms with van der Waals surface area (Å²) in [5.74, 6) is -1.16. The van der Waals surface area contributed by atoms with E-state index in [4.69, 9.17) is 20.0 Å². The molecule has 0 radical (unpaired) electrons. The average Bonchev–Trinajstić information content (AvgIpc) is 2.72. The number of nitrogens with two attached hydrogens (primary N) is 1. The Kier molecular flexibility index (Phi) is 6.77. The largest absolute Gasteiger partial charge is 0.481 e. The number of guanidine groups is 1. The van der Waals surface area contributed by atoms with Crippen molar-refractivity contribution in [2.45, 2.75) is 4.90 Å². The zero-order valence-electron chi connectivity index (χ0n) is 16.1. The number of rotatable bonds is 7. The van der Waals surface area contributed by atoms with Gasteiger partial charge in [-0.15, -0.1) is 0 Å². The third kappa shape index (κ3) is 4.63. The molecule has 1 aromatic carbocycles. The molecule has 0 saturated carbocycles. The summed E-state index contributed by atoms with van der Waals surface area (Å²) >= 11 is 0. The number of nitrogens with zero attached hydrogens (tertiary/aromatic N) is 3. The molecular weight excluding hydrogens is 406 g/mol. The Morgan fingerprint density at radius 3 is 2.17 bits per heavy atom. The van der Waals surface area contributed by atoms with Crippen LogP contribution in [0, 0.1) is 0 Å². The number of ether oxygens (including phenoxy) is 3. The fourth-order valence-electron chi connectivity index (χ4n) is 2.21. The van der Waals surface area contributed by atoms with Gasteiger partial charge in [-0.05, 0) is 12.1 Å². The Labute approximate surface area is 166 Å². The van der Waals surface area contributed by atoms with Gasteiger partial charge in [0.2, 0.25) is 11.8 Å². The van der Waals surface area contributed by atoms with Gasteiger partial charge in [-0.3, -0.25) is 5.73 Å². The maximum atomic E-state index is 13.0. The van der Waals surface area contributed by atoms with Crippen LogP contribution in [-0.2, 0) is 19.6 Å². The Morgan fingerprint density at radius 2 is 1.66 bits per heavy atom. The molecule has 1 aromatic heterocycles. The quantitative estimate of drug-likeness (QED) is 0.201. The maximum absolute atomic E-state index is 13.0. The fourth-order valence-corrected chi connectivity index (χ4v) is 3.57. The number of hydrogen-bond acceptors (Lipinski definition) is 9. The molecule has 13 heteroatoms. The number of sulfonamides is 1. The summed E-state index contributed by atoms with van der Waals surface area (Å²) < 4.78 is 41.1. The molecule has 0 spiro atoms. The first-order valence-electron chi connectivity index (χ1n) is 7.91. The number of carbonyl (C=O) groups excluding carboxylic acids is 1. The predicted octanol–water partition coefficient (Wildman–Crippen LogP) is -0.0302. The lowest BCUT2D eigenvalue weighted by Crippen LogP contribution is -2.38. The van der Waals surface area contributed by atoms with Gasteiger partial charge < -0.3 is 19.0 Å². The van der Waals surface area contributed by atoms with Gasteiger partial charge in [0, 0.05) is 4.14 Å². The highest BCUT2D eigenvalue weighted by Gasteiger charge is 2.32. The number of esters is 1. The third-order valence-corrected chi connectivity index (χ3v) is 5.18. The lowest BCUT2D eigenvalue weighted by atomic mass is 10.2. The number of aromatic nitrogens is 2. The minimum Gasteiger partial charge on any atom is -0.481 e. The molecule has 0 bridgehead atoms. The summed E-state index contributed by atoms with van der Waals surface area (Å²) in [7, 11) is 0.564. The SMILES string of the molecule is COC(=O)c1ccccc1S(=O)(=O)[N+](OC)=C(N)Nc1nc(OC)cc(OC)n1. The molecule has 0 amide bonds. The van der Waals surface area contributed by atoms with E-state index in [2.05, 4.69) is 20.0 Å². The molecule has 0 aliphatic carbocycles. The zero-order chi connectivity index (χ0) is 21.6. The van der Waals surface area contributed by atoms with Crippen molar-refractivity contribution in [3.8, 4) is 11.8 Å². The Morgan fingerprint density at radius 1 is 1.07 bits per heavy atom. The van der Waals surface area contributed by atoms with Crippen molar-refractivity contribution < 1.29 is 36.4 Å². The number of benzene rings is 1. The van der Waals surface area contributed by atoms with Gasteiger partial charge in [-0.25, -0.2) is 10.1 Å². The summed E-state index contributed by atoms with van der Waals surface area (Å²) in [5.41, 5.74) is 5.68. The second-order valence-corrected chi connectivity index (χ2v) is 6.91. The van der Waals surface area contributed by atoms with Crippen molar-refractivity contribution in [1.29, 1.82) is 0 Å². The molecule has 2 aromatic rings. The first-order valence-corrected chi connectivity index (χ1v) is 9.35. The van der Waals surface area contributed by atoms with Crippen molar-refractivity contribution in [3.05, 3.63) is 35.9 Å². The lowest BCUT2D eigenvalue weighted by molar-refractivity contribution is -0.666. The number of anilines is 1. The lowest BCUT2D eigenvalue weighted by Gasteiger charge is -2.11. The fraction of sp³-hybridized carbons (Fsp3) is 0.250. The van der Waals surface area contributed by atoms with Gasteiger partial charge in [0.05, 0.1) is 33.0 Å². The third-order valence-electron chi connectivity index (χ3n) is 3.49. The van der Waals surface area contributed by atoms with Crippen molar-refractivity contribution in [3.63, 3.8) is 0 Å². The van der Waals surface area contributed by atoms with E-state index in [0.717, 1.165) is 14.2 Å². The van der Waals surface area contributed by atoms with Crippen molar-refractivity contribution in [1.82, 2.24) is 9.97 Å². The van der Waals surface area contributed by atoms with E-state index in [9.17, 15) is 13.2 Å². The highest BCUT2D eigenvalue weighted by atomic mass is 32.2. The average molecular weight is 426 g/mol. The van der Waals surface area contributed by atoms with Crippen LogP contribution in [0.3, 0.4) is 0 Å². The van der Waals surface area contributed by atoms with Crippen LogP contribution in [0.2, 0.25) is 0 Å². The van der Waals surface area contributed by atoms with Gasteiger partial charge in [0.15, 0.2) is 0 Å². The van der Waals surface area contributed by atoms with Crippen molar-refractivity contribution in [2.75, 3.05) is 33.8 Å². The van der Waals surface area contributed by atoms with Crippen LogP contribution in [0.15, 0.2) is 35.2 Å². The highest BCUT2D eigenvalue weighted by molar-refractivity contribution is 7.85. The second-order valence-electron chi connectivity index (χ2n) is 5.19. The van der Waals surface area contributed by atoms with Gasteiger partial charge in [-0.2, -0.15) is 18.4 Å². The molecule has 156 valence electrons. The number of methoxy groups -OCH3 is 3. The summed E-state index contributed by atoms with van der Waals surface area (Å²) in [5, 5.41) is 2.50. The van der Waals surface area contributed by atoms with Gasteiger partial charge in [0.25, 0.3) is 5.95 Å². The normalized spacial score (nSPS) is 11.9. The van der Waals surface area contributed by atoms with E-state index in [1.807, 2.05) is 0 Å². The molecule has 0 saturated heterocycles. The summed E-state index contributed by atoms with van der Waals surface area (Å²) in [4.78, 5) is 24.5. The van der Waals surface area contributed by atoms with E-state index >= 15 is 0 Å². The van der Waals surface area contributed by atoms with Crippen LogP contribution in [0.5, 0.6) is 11.8 Å². The standard InChI is InChI=1S/C16H19N5O7S/c1-25-12-9-13(26-2)19-16(18-12)20-15(17)21(28-4)29(23,24)11-8-6-5-7-10(11)14(22)27-3/h5-9H,1-4H3,(H2,17,18,19,20)/p+1. The first-order chi connectivity index (χ1) is 13.8. The Hall–Kier alpha value is -3.61. The molecule has 0 fully saturated rings. The minimum absolute atomic E-state index is 0.114. The van der Waals surface area contributed by atoms with Crippen LogP contribution < -0.4 is 20.5 Å². The van der Waals surface area contributed by atoms with Gasteiger partial charge in [-0.1, -0.05) is 12.1 Å². The molecule has 0 unspecified atom stereocenters. The van der Waals surface area contributed by atoms with Crippen LogP contribution in [0.25, 0.3) is 0 Å². The molecule has 1 heterocycles. The maximum Gasteiger partial charge on any atom is 0.404 e. The van der Waals surface area contributed by atoms with Crippen LogP contribution in [0.1, 0.15) is 10.4 Å². The Bertz CT molecular complexity index is 1020. The van der Waals surface area contributed by atoms with E-state index < -0.39 is 22.0 Å². The predicted molar refractivity (Wildman–Crippen MR) is 100 cm³/mol. The summed E-state index contributed by atoms with van der Waals surface area (Å²) in [6.45, 7) is 0. The zero-order valence-corrected chi connectivity index (χ0v) is 16.9. The first kappa shape index (κ1) is 21.7. The number of nitrogens with one attached hydrogen (secondary N) is 1. The molecule has 3 N–H and O–H groups in total. The van der Waals surface area contributed by atoms with E-state index in [0.29, 0.717) is 4.14 Å². The van der Waals surface area contributed by atoms with Crippen LogP contribution in [0.4, 0.5) is 5.95 Å². The van der Waals surface area contributed by atoms with E-state index in [1.54, 1.807) is 0 Å². The van der Waals surface area contributed by atoms with E-state index in [-0.39, 0.29) is 28.2 Å². The molecule has 0 aliphatic heterocycles.